The van der Waals surface area contributed by atoms with Gasteiger partial charge in [-0.15, -0.1) is 0 Å². The van der Waals surface area contributed by atoms with E-state index < -0.39 is 0 Å². The molecule has 8 nitrogen and oxygen atoms in total. The highest BCUT2D eigenvalue weighted by Gasteiger charge is 2.11. The first-order valence-corrected chi connectivity index (χ1v) is 8.09. The van der Waals surface area contributed by atoms with Crippen molar-refractivity contribution in [2.45, 2.75) is 0 Å². The Bertz CT molecular complexity index is 1240. The molecule has 0 aliphatic rings. The first kappa shape index (κ1) is 16.6. The fraction of sp³-hybridized carbons (Fsp3) is 0.105. The third kappa shape index (κ3) is 2.86. The van der Waals surface area contributed by atoms with Crippen molar-refractivity contribution in [3.8, 4) is 17.2 Å². The molecule has 2 aromatic heterocycles. The number of methoxy groups -OCH3 is 2. The van der Waals surface area contributed by atoms with E-state index in [-0.39, 0.29) is 11.3 Å². The van der Waals surface area contributed by atoms with Gasteiger partial charge < -0.3 is 19.6 Å². The van der Waals surface area contributed by atoms with Gasteiger partial charge in [-0.3, -0.25) is 4.79 Å². The molecule has 4 aromatic rings. The Morgan fingerprint density at radius 3 is 2.67 bits per heavy atom. The molecule has 4 rings (SSSR count). The van der Waals surface area contributed by atoms with Gasteiger partial charge in [0.1, 0.15) is 34.6 Å². The van der Waals surface area contributed by atoms with Crippen LogP contribution in [0.15, 0.2) is 52.6 Å². The van der Waals surface area contributed by atoms with E-state index in [2.05, 4.69) is 15.1 Å². The number of aromatic nitrogens is 3. The molecular weight excluding hydrogens is 348 g/mol. The summed E-state index contributed by atoms with van der Waals surface area (Å²) in [5.41, 5.74) is 1.73. The van der Waals surface area contributed by atoms with Gasteiger partial charge in [0.15, 0.2) is 0 Å². The van der Waals surface area contributed by atoms with Crippen LogP contribution >= 0.6 is 0 Å². The highest BCUT2D eigenvalue weighted by atomic mass is 16.5. The molecule has 0 aliphatic heterocycles. The minimum absolute atomic E-state index is 0.0272. The van der Waals surface area contributed by atoms with Gasteiger partial charge in [0.05, 0.1) is 20.4 Å². The van der Waals surface area contributed by atoms with Crippen LogP contribution in [0.1, 0.15) is 5.56 Å². The molecule has 0 saturated heterocycles. The maximum absolute atomic E-state index is 12.7. The molecule has 2 aromatic carbocycles. The summed E-state index contributed by atoms with van der Waals surface area (Å²) in [6.07, 6.45) is 2.71. The smallest absolute Gasteiger partial charge is 0.298 e. The van der Waals surface area contributed by atoms with Gasteiger partial charge in [0, 0.05) is 16.5 Å². The molecule has 0 unspecified atom stereocenters. The Kier molecular flexibility index (Phi) is 4.00. The van der Waals surface area contributed by atoms with Gasteiger partial charge in [-0.25, -0.2) is 4.98 Å². The lowest BCUT2D eigenvalue weighted by atomic mass is 10.2. The van der Waals surface area contributed by atoms with Gasteiger partial charge in [0.2, 0.25) is 0 Å². The van der Waals surface area contributed by atoms with Crippen LogP contribution in [0, 0.1) is 0 Å². The summed E-state index contributed by atoms with van der Waals surface area (Å²) in [4.78, 5) is 20.2. The van der Waals surface area contributed by atoms with Crippen LogP contribution in [0.5, 0.6) is 17.2 Å². The number of hydrogen-bond donors (Lipinski definition) is 2. The fourth-order valence-corrected chi connectivity index (χ4v) is 2.82. The van der Waals surface area contributed by atoms with Crippen molar-refractivity contribution in [1.29, 1.82) is 0 Å². The van der Waals surface area contributed by atoms with Crippen molar-refractivity contribution in [3.63, 3.8) is 0 Å². The predicted molar refractivity (Wildman–Crippen MR) is 102 cm³/mol. The molecule has 27 heavy (non-hydrogen) atoms. The van der Waals surface area contributed by atoms with Crippen LogP contribution in [-0.4, -0.2) is 40.2 Å². The molecule has 2 N–H and O–H groups in total. The molecule has 136 valence electrons. The maximum Gasteiger partial charge on any atom is 0.298 e. The molecule has 8 heteroatoms. The quantitative estimate of drug-likeness (QED) is 0.542. The second-order valence-electron chi connectivity index (χ2n) is 5.82. The van der Waals surface area contributed by atoms with E-state index in [0.29, 0.717) is 28.1 Å². The number of rotatable bonds is 4. The van der Waals surface area contributed by atoms with Crippen LogP contribution in [-0.2, 0) is 0 Å². The van der Waals surface area contributed by atoms with Crippen LogP contribution in [0.2, 0.25) is 0 Å². The number of aromatic hydroxyl groups is 1. The molecule has 0 fully saturated rings. The number of hydrogen-bond acceptors (Lipinski definition) is 6. The second-order valence-corrected chi connectivity index (χ2v) is 5.82. The lowest BCUT2D eigenvalue weighted by Gasteiger charge is -2.03. The van der Waals surface area contributed by atoms with Crippen molar-refractivity contribution in [2.24, 2.45) is 5.10 Å². The lowest BCUT2D eigenvalue weighted by molar-refractivity contribution is 0.412. The van der Waals surface area contributed by atoms with Crippen molar-refractivity contribution in [1.82, 2.24) is 14.6 Å². The van der Waals surface area contributed by atoms with Gasteiger partial charge in [-0.2, -0.15) is 9.78 Å². The molecule has 0 aliphatic carbocycles. The van der Waals surface area contributed by atoms with E-state index in [4.69, 9.17) is 9.47 Å². The summed E-state index contributed by atoms with van der Waals surface area (Å²) in [6.45, 7) is 0. The van der Waals surface area contributed by atoms with Gasteiger partial charge in [-0.05, 0) is 36.4 Å². The Morgan fingerprint density at radius 1 is 1.15 bits per heavy atom. The zero-order chi connectivity index (χ0) is 19.0. The third-order valence-electron chi connectivity index (χ3n) is 4.25. The minimum atomic E-state index is -0.353. The van der Waals surface area contributed by atoms with E-state index in [9.17, 15) is 9.90 Å². The van der Waals surface area contributed by atoms with Crippen LogP contribution in [0.4, 0.5) is 0 Å². The SMILES string of the molecule is COc1ccc(O)c(/C=N/n2cnc3c([nH]c4ccc(OC)cc43)c2=O)c1. The van der Waals surface area contributed by atoms with E-state index in [0.717, 1.165) is 15.6 Å². The van der Waals surface area contributed by atoms with Gasteiger partial charge >= 0.3 is 0 Å². The first-order valence-electron chi connectivity index (χ1n) is 8.09. The normalized spacial score (nSPS) is 11.5. The average molecular weight is 364 g/mol. The number of nitrogens with one attached hydrogen (secondary N) is 1. The van der Waals surface area contributed by atoms with Crippen molar-refractivity contribution in [2.75, 3.05) is 14.2 Å². The van der Waals surface area contributed by atoms with Gasteiger partial charge in [0.25, 0.3) is 5.56 Å². The van der Waals surface area contributed by atoms with Crippen LogP contribution in [0.25, 0.3) is 21.9 Å². The molecule has 0 amide bonds. The Labute approximate surface area is 153 Å². The minimum Gasteiger partial charge on any atom is -0.507 e. The van der Waals surface area contributed by atoms with Gasteiger partial charge in [-0.1, -0.05) is 0 Å². The van der Waals surface area contributed by atoms with Crippen molar-refractivity contribution in [3.05, 3.63) is 58.6 Å². The Balaban J connectivity index is 1.80. The van der Waals surface area contributed by atoms with E-state index in [1.807, 2.05) is 12.1 Å². The number of phenolic OH excluding ortho intramolecular Hbond substituents is 1. The zero-order valence-electron chi connectivity index (χ0n) is 14.6. The summed E-state index contributed by atoms with van der Waals surface area (Å²) in [5.74, 6) is 1.28. The van der Waals surface area contributed by atoms with Crippen molar-refractivity contribution < 1.29 is 14.6 Å². The summed E-state index contributed by atoms with van der Waals surface area (Å²) in [7, 11) is 3.11. The molecule has 0 radical (unpaired) electrons. The average Bonchev–Trinajstić information content (AvgIpc) is 3.07. The monoisotopic (exact) mass is 364 g/mol. The fourth-order valence-electron chi connectivity index (χ4n) is 2.82. The maximum atomic E-state index is 12.7. The van der Waals surface area contributed by atoms with Crippen LogP contribution in [0.3, 0.4) is 0 Å². The number of H-pyrrole nitrogens is 1. The first-order chi connectivity index (χ1) is 13.1. The lowest BCUT2D eigenvalue weighted by Crippen LogP contribution is -2.17. The Morgan fingerprint density at radius 2 is 1.89 bits per heavy atom. The largest absolute Gasteiger partial charge is 0.507 e. The van der Waals surface area contributed by atoms with Crippen molar-refractivity contribution >= 4 is 28.2 Å². The number of phenols is 1. The predicted octanol–water partition coefficient (Wildman–Crippen LogP) is 2.48. The molecule has 0 bridgehead atoms. The molecule has 0 saturated carbocycles. The van der Waals surface area contributed by atoms with Crippen LogP contribution < -0.4 is 15.0 Å². The number of nitrogens with zero attached hydrogens (tertiary/aromatic N) is 3. The molecular formula is C19H16N4O4. The standard InChI is InChI=1S/C19H16N4O4/c1-26-12-4-6-16(24)11(7-12)9-21-23-10-20-17-14-8-13(27-2)3-5-15(14)22-18(17)19(23)25/h3-10,22,24H,1-2H3/b21-9+. The van der Waals surface area contributed by atoms with E-state index >= 15 is 0 Å². The molecule has 0 atom stereocenters. The number of benzene rings is 2. The number of fused-ring (bicyclic) bond motifs is 3. The number of ether oxygens (including phenoxy) is 2. The summed E-state index contributed by atoms with van der Waals surface area (Å²) >= 11 is 0. The zero-order valence-corrected chi connectivity index (χ0v) is 14.6. The second kappa shape index (κ2) is 6.49. The molecule has 0 spiro atoms. The number of aromatic amines is 1. The topological polar surface area (TPSA) is 102 Å². The third-order valence-corrected chi connectivity index (χ3v) is 4.25. The van der Waals surface area contributed by atoms with E-state index in [1.165, 1.54) is 25.7 Å². The summed E-state index contributed by atoms with van der Waals surface area (Å²) < 4.78 is 11.5. The van der Waals surface area contributed by atoms with E-state index in [1.54, 1.807) is 25.3 Å². The molecule has 2 heterocycles. The summed E-state index contributed by atoms with van der Waals surface area (Å²) in [6, 6.07) is 10.2. The highest BCUT2D eigenvalue weighted by Crippen LogP contribution is 2.25. The Hall–Kier alpha value is -3.81. The summed E-state index contributed by atoms with van der Waals surface area (Å²) in [5, 5.41) is 14.8. The highest BCUT2D eigenvalue weighted by molar-refractivity contribution is 6.04.